The molecule has 0 aliphatic heterocycles. The summed E-state index contributed by atoms with van der Waals surface area (Å²) in [6, 6.07) is 21.7. The van der Waals surface area contributed by atoms with Gasteiger partial charge in [-0.2, -0.15) is 0 Å². The monoisotopic (exact) mass is 518 g/mol. The molecule has 0 aliphatic rings. The van der Waals surface area contributed by atoms with Crippen LogP contribution in [0.5, 0.6) is 11.5 Å². The van der Waals surface area contributed by atoms with Crippen molar-refractivity contribution in [1.82, 2.24) is 15.6 Å². The minimum atomic E-state index is 0. The standard InChI is InChI=1S/C23H26N4O2.HI/c1-24-23(27-16-19-9-3-4-12-22(19)28-2)26-15-18-8-7-11-21(14-18)29-17-20-10-5-6-13-25-20;/h3-14H,15-17H2,1-2H3,(H2,24,26,27);1H. The van der Waals surface area contributed by atoms with E-state index in [0.717, 1.165) is 34.3 Å². The van der Waals surface area contributed by atoms with E-state index in [4.69, 9.17) is 9.47 Å². The molecule has 0 unspecified atom stereocenters. The van der Waals surface area contributed by atoms with E-state index >= 15 is 0 Å². The van der Waals surface area contributed by atoms with Crippen LogP contribution in [0.1, 0.15) is 16.8 Å². The van der Waals surface area contributed by atoms with Crippen molar-refractivity contribution >= 4 is 29.9 Å². The number of hydrogen-bond donors (Lipinski definition) is 2. The van der Waals surface area contributed by atoms with E-state index in [9.17, 15) is 0 Å². The first-order chi connectivity index (χ1) is 14.3. The number of para-hydroxylation sites is 1. The van der Waals surface area contributed by atoms with E-state index in [0.29, 0.717) is 19.7 Å². The lowest BCUT2D eigenvalue weighted by molar-refractivity contribution is 0.301. The van der Waals surface area contributed by atoms with Crippen molar-refractivity contribution < 1.29 is 9.47 Å². The Morgan fingerprint density at radius 1 is 0.967 bits per heavy atom. The topological polar surface area (TPSA) is 67.8 Å². The summed E-state index contributed by atoms with van der Waals surface area (Å²) in [5.41, 5.74) is 3.07. The van der Waals surface area contributed by atoms with Gasteiger partial charge in [-0.1, -0.05) is 36.4 Å². The zero-order chi connectivity index (χ0) is 20.3. The maximum atomic E-state index is 5.85. The minimum Gasteiger partial charge on any atom is -0.496 e. The predicted octanol–water partition coefficient (Wildman–Crippen LogP) is 4.15. The van der Waals surface area contributed by atoms with Crippen LogP contribution in [-0.2, 0) is 19.7 Å². The SMILES string of the molecule is CN=C(NCc1cccc(OCc2ccccn2)c1)NCc1ccccc1OC.I. The third-order valence-electron chi connectivity index (χ3n) is 4.33. The molecule has 0 amide bonds. The van der Waals surface area contributed by atoms with Crippen LogP contribution in [0.25, 0.3) is 0 Å². The summed E-state index contributed by atoms with van der Waals surface area (Å²) in [4.78, 5) is 8.56. The molecular formula is C23H27IN4O2. The number of nitrogens with zero attached hydrogens (tertiary/aromatic N) is 2. The Balaban J connectivity index is 0.00000320. The number of ether oxygens (including phenoxy) is 2. The first-order valence-corrected chi connectivity index (χ1v) is 9.46. The number of aliphatic imine (C=N–C) groups is 1. The number of guanidine groups is 1. The Morgan fingerprint density at radius 2 is 1.77 bits per heavy atom. The lowest BCUT2D eigenvalue weighted by atomic mass is 10.2. The van der Waals surface area contributed by atoms with Gasteiger partial charge < -0.3 is 20.1 Å². The minimum absolute atomic E-state index is 0. The summed E-state index contributed by atoms with van der Waals surface area (Å²) in [5, 5.41) is 6.64. The Kier molecular flexibility index (Phi) is 9.93. The summed E-state index contributed by atoms with van der Waals surface area (Å²) in [6.07, 6.45) is 1.77. The maximum absolute atomic E-state index is 5.85. The molecule has 0 spiro atoms. The zero-order valence-corrected chi connectivity index (χ0v) is 19.5. The summed E-state index contributed by atoms with van der Waals surface area (Å²) in [7, 11) is 3.43. The van der Waals surface area contributed by atoms with Gasteiger partial charge in [0.1, 0.15) is 18.1 Å². The largest absolute Gasteiger partial charge is 0.496 e. The second-order valence-electron chi connectivity index (χ2n) is 6.35. The van der Waals surface area contributed by atoms with Crippen LogP contribution < -0.4 is 20.1 Å². The lowest BCUT2D eigenvalue weighted by Crippen LogP contribution is -2.36. The Morgan fingerprint density at radius 3 is 2.53 bits per heavy atom. The fraction of sp³-hybridized carbons (Fsp3) is 0.217. The highest BCUT2D eigenvalue weighted by Crippen LogP contribution is 2.17. The maximum Gasteiger partial charge on any atom is 0.191 e. The summed E-state index contributed by atoms with van der Waals surface area (Å²) < 4.78 is 11.2. The molecule has 7 heteroatoms. The van der Waals surface area contributed by atoms with E-state index in [-0.39, 0.29) is 24.0 Å². The van der Waals surface area contributed by atoms with Gasteiger partial charge in [0.25, 0.3) is 0 Å². The third kappa shape index (κ3) is 7.22. The van der Waals surface area contributed by atoms with Gasteiger partial charge in [0.15, 0.2) is 5.96 Å². The zero-order valence-electron chi connectivity index (χ0n) is 17.2. The number of rotatable bonds is 8. The molecule has 2 aromatic carbocycles. The molecule has 0 aliphatic carbocycles. The molecule has 1 heterocycles. The summed E-state index contributed by atoms with van der Waals surface area (Å²) in [5.74, 6) is 2.39. The predicted molar refractivity (Wildman–Crippen MR) is 130 cm³/mol. The van der Waals surface area contributed by atoms with E-state index < -0.39 is 0 Å². The van der Waals surface area contributed by atoms with Crippen molar-refractivity contribution in [3.63, 3.8) is 0 Å². The second-order valence-corrected chi connectivity index (χ2v) is 6.35. The van der Waals surface area contributed by atoms with Crippen LogP contribution in [0.4, 0.5) is 0 Å². The van der Waals surface area contributed by atoms with E-state index in [1.807, 2.05) is 66.7 Å². The molecule has 6 nitrogen and oxygen atoms in total. The normalized spacial score (nSPS) is 10.7. The number of nitrogens with one attached hydrogen (secondary N) is 2. The highest BCUT2D eigenvalue weighted by molar-refractivity contribution is 14.0. The smallest absolute Gasteiger partial charge is 0.191 e. The fourth-order valence-corrected chi connectivity index (χ4v) is 2.82. The Bertz CT molecular complexity index is 935. The first-order valence-electron chi connectivity index (χ1n) is 9.46. The molecule has 0 radical (unpaired) electrons. The molecule has 2 N–H and O–H groups in total. The molecule has 158 valence electrons. The molecule has 30 heavy (non-hydrogen) atoms. The highest BCUT2D eigenvalue weighted by Gasteiger charge is 2.04. The Hall–Kier alpha value is -2.81. The van der Waals surface area contributed by atoms with Gasteiger partial charge in [-0.05, 0) is 35.9 Å². The van der Waals surface area contributed by atoms with Crippen molar-refractivity contribution in [2.75, 3.05) is 14.2 Å². The van der Waals surface area contributed by atoms with Gasteiger partial charge in [-0.15, -0.1) is 24.0 Å². The van der Waals surface area contributed by atoms with Crippen LogP contribution >= 0.6 is 24.0 Å². The molecular weight excluding hydrogens is 491 g/mol. The number of aromatic nitrogens is 1. The van der Waals surface area contributed by atoms with Crippen molar-refractivity contribution in [2.45, 2.75) is 19.7 Å². The fourth-order valence-electron chi connectivity index (χ4n) is 2.82. The molecule has 0 fully saturated rings. The number of halogens is 1. The lowest BCUT2D eigenvalue weighted by Gasteiger charge is -2.14. The van der Waals surface area contributed by atoms with Crippen LogP contribution in [0, 0.1) is 0 Å². The van der Waals surface area contributed by atoms with Gasteiger partial charge in [0.2, 0.25) is 0 Å². The average molecular weight is 518 g/mol. The van der Waals surface area contributed by atoms with Gasteiger partial charge in [0.05, 0.1) is 12.8 Å². The Labute approximate surface area is 194 Å². The molecule has 3 rings (SSSR count). The number of benzene rings is 2. The quantitative estimate of drug-likeness (QED) is 0.267. The molecule has 0 bridgehead atoms. The van der Waals surface area contributed by atoms with Crippen LogP contribution in [0.15, 0.2) is 77.9 Å². The van der Waals surface area contributed by atoms with Gasteiger partial charge in [-0.25, -0.2) is 0 Å². The van der Waals surface area contributed by atoms with E-state index in [1.165, 1.54) is 0 Å². The number of hydrogen-bond acceptors (Lipinski definition) is 4. The molecule has 0 saturated heterocycles. The summed E-state index contributed by atoms with van der Waals surface area (Å²) >= 11 is 0. The van der Waals surface area contributed by atoms with Crippen molar-refractivity contribution in [1.29, 1.82) is 0 Å². The van der Waals surface area contributed by atoms with Gasteiger partial charge >= 0.3 is 0 Å². The van der Waals surface area contributed by atoms with Gasteiger partial charge in [-0.3, -0.25) is 9.98 Å². The summed E-state index contributed by atoms with van der Waals surface area (Å²) in [6.45, 7) is 1.70. The number of pyridine rings is 1. The second kappa shape index (κ2) is 12.7. The van der Waals surface area contributed by atoms with E-state index in [2.05, 4.69) is 20.6 Å². The van der Waals surface area contributed by atoms with Crippen molar-refractivity contribution in [3.8, 4) is 11.5 Å². The first kappa shape index (κ1) is 23.5. The van der Waals surface area contributed by atoms with Gasteiger partial charge in [0, 0.05) is 31.9 Å². The molecule has 0 saturated carbocycles. The van der Waals surface area contributed by atoms with Crippen molar-refractivity contribution in [3.05, 3.63) is 89.7 Å². The third-order valence-corrected chi connectivity index (χ3v) is 4.33. The highest BCUT2D eigenvalue weighted by atomic mass is 127. The van der Waals surface area contributed by atoms with Crippen LogP contribution in [0.3, 0.4) is 0 Å². The number of methoxy groups -OCH3 is 1. The van der Waals surface area contributed by atoms with E-state index in [1.54, 1.807) is 20.4 Å². The molecule has 0 atom stereocenters. The molecule has 3 aromatic rings. The van der Waals surface area contributed by atoms with Crippen molar-refractivity contribution in [2.24, 2.45) is 4.99 Å². The van der Waals surface area contributed by atoms with Crippen LogP contribution in [0.2, 0.25) is 0 Å². The average Bonchev–Trinajstić information content (AvgIpc) is 2.79. The molecule has 1 aromatic heterocycles. The van der Waals surface area contributed by atoms with Crippen LogP contribution in [-0.4, -0.2) is 25.1 Å².